The van der Waals surface area contributed by atoms with Crippen molar-refractivity contribution in [1.29, 1.82) is 0 Å². The van der Waals surface area contributed by atoms with E-state index in [1.807, 2.05) is 9.80 Å². The van der Waals surface area contributed by atoms with Gasteiger partial charge in [0.05, 0.1) is 0 Å². The third-order valence-electron chi connectivity index (χ3n) is 10.2. The highest BCUT2D eigenvalue weighted by Crippen LogP contribution is 2.31. The summed E-state index contributed by atoms with van der Waals surface area (Å²) in [6.45, 7) is 18.4. The summed E-state index contributed by atoms with van der Waals surface area (Å²) in [5.74, 6) is 14.6. The summed E-state index contributed by atoms with van der Waals surface area (Å²) in [5.41, 5.74) is 9.56. The predicted octanol–water partition coefficient (Wildman–Crippen LogP) is 8.37. The zero-order valence-corrected chi connectivity index (χ0v) is 30.4. The Kier molecular flexibility index (Phi) is 14.4. The summed E-state index contributed by atoms with van der Waals surface area (Å²) in [6, 6.07) is 8.41. The fraction of sp³-hybridized carbons (Fsp3) is 0.476. The summed E-state index contributed by atoms with van der Waals surface area (Å²) < 4.78 is 0. The minimum atomic E-state index is 0. The minimum Gasteiger partial charge on any atom is -0.339 e. The predicted molar refractivity (Wildman–Crippen MR) is 198 cm³/mol. The Morgan fingerprint density at radius 1 is 0.660 bits per heavy atom. The maximum absolute atomic E-state index is 12.7. The Morgan fingerprint density at radius 2 is 0.979 bits per heavy atom. The molecule has 5 heteroatoms. The van der Waals surface area contributed by atoms with Crippen molar-refractivity contribution >= 4 is 24.2 Å². The molecule has 47 heavy (non-hydrogen) atoms. The summed E-state index contributed by atoms with van der Waals surface area (Å²) in [7, 11) is 0. The lowest BCUT2D eigenvalue weighted by molar-refractivity contribution is -0.128. The zero-order valence-electron chi connectivity index (χ0n) is 29.5. The van der Waals surface area contributed by atoms with Gasteiger partial charge in [0.2, 0.25) is 11.8 Å². The number of aryl methyl sites for hydroxylation is 4. The number of hydrogen-bond donors (Lipinski definition) is 0. The number of amides is 2. The summed E-state index contributed by atoms with van der Waals surface area (Å²) >= 11 is 0. The Morgan fingerprint density at radius 3 is 1.30 bits per heavy atom. The van der Waals surface area contributed by atoms with E-state index in [4.69, 9.17) is 0 Å². The molecule has 0 aliphatic carbocycles. The summed E-state index contributed by atoms with van der Waals surface area (Å²) in [4.78, 5) is 29.4. The molecule has 2 heterocycles. The van der Waals surface area contributed by atoms with Gasteiger partial charge in [-0.15, -0.1) is 12.4 Å². The third-order valence-corrected chi connectivity index (χ3v) is 10.2. The van der Waals surface area contributed by atoms with Gasteiger partial charge in [-0.05, 0) is 168 Å². The van der Waals surface area contributed by atoms with Crippen LogP contribution in [0.25, 0.3) is 0 Å². The van der Waals surface area contributed by atoms with Crippen LogP contribution in [0, 0.1) is 83.0 Å². The van der Waals surface area contributed by atoms with Crippen LogP contribution in [0.3, 0.4) is 0 Å². The van der Waals surface area contributed by atoms with E-state index in [9.17, 15) is 9.59 Å². The second kappa shape index (κ2) is 18.0. The average molecular weight is 653 g/mol. The number of hydrogen-bond acceptors (Lipinski definition) is 2. The van der Waals surface area contributed by atoms with Crippen molar-refractivity contribution in [3.05, 3.63) is 93.1 Å². The number of allylic oxidation sites excluding steroid dienone is 2. The van der Waals surface area contributed by atoms with Crippen molar-refractivity contribution < 1.29 is 9.59 Å². The molecule has 0 unspecified atom stereocenters. The normalized spacial score (nSPS) is 15.7. The lowest BCUT2D eigenvalue weighted by atomic mass is 9.81. The largest absolute Gasteiger partial charge is 0.339 e. The maximum Gasteiger partial charge on any atom is 0.247 e. The van der Waals surface area contributed by atoms with Crippen molar-refractivity contribution in [2.24, 2.45) is 17.8 Å². The van der Waals surface area contributed by atoms with Crippen LogP contribution in [0.15, 0.2) is 48.6 Å². The number of carbonyl (C=O) groups is 2. The number of benzene rings is 2. The molecule has 4 rings (SSSR count). The Hall–Kier alpha value is -3.73. The van der Waals surface area contributed by atoms with Crippen LogP contribution < -0.4 is 0 Å². The van der Waals surface area contributed by atoms with Crippen molar-refractivity contribution in [1.82, 2.24) is 9.80 Å². The molecule has 4 nitrogen and oxygen atoms in total. The van der Waals surface area contributed by atoms with E-state index in [1.165, 1.54) is 46.2 Å². The smallest absolute Gasteiger partial charge is 0.247 e. The molecule has 2 saturated heterocycles. The first-order valence-electron chi connectivity index (χ1n) is 17.1. The molecule has 0 saturated carbocycles. The van der Waals surface area contributed by atoms with Gasteiger partial charge in [-0.2, -0.15) is 0 Å². The molecular weight excluding hydrogens is 600 g/mol. The van der Waals surface area contributed by atoms with Crippen LogP contribution in [-0.4, -0.2) is 47.8 Å². The Balaban J connectivity index is 0.00000600. The fourth-order valence-corrected chi connectivity index (χ4v) is 6.91. The highest BCUT2D eigenvalue weighted by Gasteiger charge is 2.26. The standard InChI is InChI=1S/C42H52N2O2.ClH/c1-30(24-37-16-20-43(21-17-37)41(45)14-10-8-12-39-26-31(2)35(6)32(3)27-39)25-38-18-22-44(23-19-38)42(46)15-11-9-13-40-28-33(4)36(7)34(5)29-40;/h10-11,14-15,26-30,37-38H,16-25H2,1-7H3;1H/b14-10+,15-11+;. The minimum absolute atomic E-state index is 0. The number of halogens is 1. The van der Waals surface area contributed by atoms with E-state index in [1.54, 1.807) is 24.3 Å². The molecule has 0 atom stereocenters. The van der Waals surface area contributed by atoms with Crippen LogP contribution in [-0.2, 0) is 9.59 Å². The van der Waals surface area contributed by atoms with Crippen LogP contribution in [0.5, 0.6) is 0 Å². The number of nitrogens with zero attached hydrogens (tertiary/aromatic N) is 2. The van der Waals surface area contributed by atoms with Gasteiger partial charge in [0.1, 0.15) is 0 Å². The first-order valence-corrected chi connectivity index (χ1v) is 17.1. The molecule has 0 N–H and O–H groups in total. The van der Waals surface area contributed by atoms with Crippen LogP contribution in [0.4, 0.5) is 0 Å². The van der Waals surface area contributed by atoms with E-state index in [0.29, 0.717) is 17.8 Å². The molecule has 0 radical (unpaired) electrons. The molecule has 0 spiro atoms. The molecule has 2 aromatic carbocycles. The lowest BCUT2D eigenvalue weighted by Gasteiger charge is -2.35. The molecular formula is C42H53ClN2O2. The molecule has 2 aromatic rings. The van der Waals surface area contributed by atoms with Gasteiger partial charge in [-0.1, -0.05) is 30.6 Å². The zero-order chi connectivity index (χ0) is 33.2. The van der Waals surface area contributed by atoms with Crippen molar-refractivity contribution in [3.63, 3.8) is 0 Å². The highest BCUT2D eigenvalue weighted by molar-refractivity contribution is 5.88. The van der Waals surface area contributed by atoms with Crippen molar-refractivity contribution in [2.75, 3.05) is 26.2 Å². The van der Waals surface area contributed by atoms with E-state index in [-0.39, 0.29) is 24.2 Å². The fourth-order valence-electron chi connectivity index (χ4n) is 6.91. The van der Waals surface area contributed by atoms with Crippen molar-refractivity contribution in [3.8, 4) is 23.7 Å². The SMILES string of the molecule is Cc1cc(C#C/C=C/C(=O)N2CCC(CC(C)CC3CCN(C(=O)/C=C/C#Cc4cc(C)c(C)c(C)c4)CC3)CC2)cc(C)c1C.Cl. The first kappa shape index (κ1) is 37.7. The molecule has 250 valence electrons. The summed E-state index contributed by atoms with van der Waals surface area (Å²) in [5, 5.41) is 0. The molecule has 2 amide bonds. The molecule has 0 bridgehead atoms. The first-order chi connectivity index (χ1) is 22.0. The number of carbonyl (C=O) groups excluding carboxylic acids is 2. The second-order valence-corrected chi connectivity index (χ2v) is 13.8. The Bertz CT molecular complexity index is 1430. The van der Waals surface area contributed by atoms with Crippen LogP contribution >= 0.6 is 12.4 Å². The van der Waals surface area contributed by atoms with Gasteiger partial charge in [0.15, 0.2) is 0 Å². The van der Waals surface area contributed by atoms with Gasteiger partial charge in [0.25, 0.3) is 0 Å². The number of rotatable bonds is 6. The van der Waals surface area contributed by atoms with E-state index < -0.39 is 0 Å². The topological polar surface area (TPSA) is 40.6 Å². The van der Waals surface area contributed by atoms with E-state index in [0.717, 1.165) is 63.0 Å². The number of likely N-dealkylation sites (tertiary alicyclic amines) is 2. The van der Waals surface area contributed by atoms with Gasteiger partial charge in [-0.25, -0.2) is 0 Å². The Labute approximate surface area is 290 Å². The van der Waals surface area contributed by atoms with Crippen LogP contribution in [0.2, 0.25) is 0 Å². The van der Waals surface area contributed by atoms with Crippen LogP contribution in [0.1, 0.15) is 90.0 Å². The second-order valence-electron chi connectivity index (χ2n) is 13.8. The lowest BCUT2D eigenvalue weighted by Crippen LogP contribution is -2.38. The average Bonchev–Trinajstić information content (AvgIpc) is 3.03. The maximum atomic E-state index is 12.7. The summed E-state index contributed by atoms with van der Waals surface area (Å²) in [6.07, 6.45) is 13.4. The quantitative estimate of drug-likeness (QED) is 0.232. The molecule has 2 aliphatic heterocycles. The number of piperidine rings is 2. The highest BCUT2D eigenvalue weighted by atomic mass is 35.5. The monoisotopic (exact) mass is 652 g/mol. The third kappa shape index (κ3) is 11.2. The van der Waals surface area contributed by atoms with Crippen molar-refractivity contribution in [2.45, 2.75) is 87.0 Å². The van der Waals surface area contributed by atoms with Gasteiger partial charge < -0.3 is 9.80 Å². The van der Waals surface area contributed by atoms with Gasteiger partial charge >= 0.3 is 0 Å². The van der Waals surface area contributed by atoms with E-state index in [2.05, 4.69) is 96.4 Å². The molecule has 2 fully saturated rings. The van der Waals surface area contributed by atoms with E-state index >= 15 is 0 Å². The molecule has 0 aromatic heterocycles. The van der Waals surface area contributed by atoms with Gasteiger partial charge in [-0.3, -0.25) is 9.59 Å². The molecule has 2 aliphatic rings. The van der Waals surface area contributed by atoms with Gasteiger partial charge in [0, 0.05) is 49.5 Å².